The predicted molar refractivity (Wildman–Crippen MR) is 65.0 cm³/mol. The molecule has 0 spiro atoms. The first-order chi connectivity index (χ1) is 7.26. The van der Waals surface area contributed by atoms with Gasteiger partial charge in [-0.2, -0.15) is 0 Å². The molecule has 1 aliphatic rings. The minimum atomic E-state index is -0.0703. The second-order valence-electron chi connectivity index (χ2n) is 4.95. The maximum absolute atomic E-state index is 9.45. The summed E-state index contributed by atoms with van der Waals surface area (Å²) in [6.07, 6.45) is 7.09. The number of likely N-dealkylation sites (tertiary alicyclic amines) is 1. The van der Waals surface area contributed by atoms with Gasteiger partial charge in [-0.25, -0.2) is 0 Å². The Morgan fingerprint density at radius 2 is 2.20 bits per heavy atom. The molecule has 15 heavy (non-hydrogen) atoms. The zero-order valence-corrected chi connectivity index (χ0v) is 10.4. The highest BCUT2D eigenvalue weighted by molar-refractivity contribution is 4.75. The molecule has 0 amide bonds. The molecule has 1 fully saturated rings. The smallest absolute Gasteiger partial charge is 0.0538 e. The zero-order chi connectivity index (χ0) is 11.1. The van der Waals surface area contributed by atoms with E-state index in [4.69, 9.17) is 0 Å². The van der Waals surface area contributed by atoms with E-state index in [1.807, 2.05) is 0 Å². The van der Waals surface area contributed by atoms with Crippen molar-refractivity contribution in [2.45, 2.75) is 58.5 Å². The molecule has 0 aromatic rings. The van der Waals surface area contributed by atoms with Gasteiger partial charge in [-0.15, -0.1) is 0 Å². The van der Waals surface area contributed by atoms with E-state index >= 15 is 0 Å². The van der Waals surface area contributed by atoms with E-state index in [1.165, 1.54) is 38.9 Å². The lowest BCUT2D eigenvalue weighted by atomic mass is 10.0. The van der Waals surface area contributed by atoms with E-state index in [2.05, 4.69) is 18.7 Å². The van der Waals surface area contributed by atoms with Crippen molar-refractivity contribution in [1.82, 2.24) is 4.90 Å². The van der Waals surface area contributed by atoms with Gasteiger partial charge in [-0.3, -0.25) is 0 Å². The third kappa shape index (κ3) is 4.98. The molecule has 1 N–H and O–H groups in total. The van der Waals surface area contributed by atoms with Crippen LogP contribution >= 0.6 is 0 Å². The molecule has 2 heteroatoms. The summed E-state index contributed by atoms with van der Waals surface area (Å²) in [4.78, 5) is 2.57. The minimum Gasteiger partial charge on any atom is -0.393 e. The van der Waals surface area contributed by atoms with Crippen LogP contribution in [0.2, 0.25) is 0 Å². The van der Waals surface area contributed by atoms with Crippen LogP contribution in [0.5, 0.6) is 0 Å². The summed E-state index contributed by atoms with van der Waals surface area (Å²) in [7, 11) is 0. The average Bonchev–Trinajstić information content (AvgIpc) is 2.66. The Bertz CT molecular complexity index is 161. The lowest BCUT2D eigenvalue weighted by Crippen LogP contribution is -2.23. The van der Waals surface area contributed by atoms with Gasteiger partial charge in [-0.1, -0.05) is 20.3 Å². The van der Waals surface area contributed by atoms with Crippen molar-refractivity contribution in [2.75, 3.05) is 19.6 Å². The van der Waals surface area contributed by atoms with Crippen LogP contribution in [0, 0.1) is 5.92 Å². The Hall–Kier alpha value is -0.0800. The van der Waals surface area contributed by atoms with Gasteiger partial charge in [0.05, 0.1) is 6.10 Å². The van der Waals surface area contributed by atoms with Gasteiger partial charge in [0.15, 0.2) is 0 Å². The molecule has 1 heterocycles. The van der Waals surface area contributed by atoms with Crippen LogP contribution in [-0.2, 0) is 0 Å². The molecule has 0 aromatic heterocycles. The summed E-state index contributed by atoms with van der Waals surface area (Å²) in [5.41, 5.74) is 0. The van der Waals surface area contributed by atoms with E-state index in [1.54, 1.807) is 0 Å². The van der Waals surface area contributed by atoms with E-state index in [0.29, 0.717) is 0 Å². The van der Waals surface area contributed by atoms with Crippen LogP contribution in [-0.4, -0.2) is 35.7 Å². The molecule has 2 unspecified atom stereocenters. The summed E-state index contributed by atoms with van der Waals surface area (Å²) in [5.74, 6) is 0.950. The molecule has 90 valence electrons. The molecule has 2 atom stereocenters. The molecule has 0 aliphatic carbocycles. The van der Waals surface area contributed by atoms with Gasteiger partial charge in [-0.05, 0) is 51.1 Å². The summed E-state index contributed by atoms with van der Waals surface area (Å²) in [6, 6.07) is 0. The van der Waals surface area contributed by atoms with Gasteiger partial charge in [0.1, 0.15) is 0 Å². The number of rotatable bonds is 7. The van der Waals surface area contributed by atoms with E-state index < -0.39 is 0 Å². The first-order valence-corrected chi connectivity index (χ1v) is 6.66. The fourth-order valence-corrected chi connectivity index (χ4v) is 2.51. The highest BCUT2D eigenvalue weighted by Crippen LogP contribution is 2.21. The fourth-order valence-electron chi connectivity index (χ4n) is 2.51. The molecule has 1 saturated heterocycles. The Kier molecular flexibility index (Phi) is 6.26. The van der Waals surface area contributed by atoms with Gasteiger partial charge >= 0.3 is 0 Å². The van der Waals surface area contributed by atoms with E-state index in [0.717, 1.165) is 25.2 Å². The fraction of sp³-hybridized carbons (Fsp3) is 1.00. The van der Waals surface area contributed by atoms with Crippen LogP contribution in [0.1, 0.15) is 52.4 Å². The summed E-state index contributed by atoms with van der Waals surface area (Å²) in [6.45, 7) is 8.11. The predicted octanol–water partition coefficient (Wildman–Crippen LogP) is 2.66. The second kappa shape index (κ2) is 7.24. The third-order valence-corrected chi connectivity index (χ3v) is 3.55. The van der Waals surface area contributed by atoms with Crippen LogP contribution in [0.25, 0.3) is 0 Å². The first-order valence-electron chi connectivity index (χ1n) is 6.66. The summed E-state index contributed by atoms with van der Waals surface area (Å²) in [5, 5.41) is 9.45. The number of aliphatic hydroxyl groups excluding tert-OH is 1. The Morgan fingerprint density at radius 1 is 1.40 bits per heavy atom. The zero-order valence-electron chi connectivity index (χ0n) is 10.4. The highest BCUT2D eigenvalue weighted by atomic mass is 16.3. The topological polar surface area (TPSA) is 23.5 Å². The molecular weight excluding hydrogens is 186 g/mol. The van der Waals surface area contributed by atoms with Crippen molar-refractivity contribution in [2.24, 2.45) is 5.92 Å². The first kappa shape index (κ1) is 13.0. The van der Waals surface area contributed by atoms with Crippen LogP contribution in [0.4, 0.5) is 0 Å². The van der Waals surface area contributed by atoms with E-state index in [-0.39, 0.29) is 6.10 Å². The van der Waals surface area contributed by atoms with Crippen molar-refractivity contribution >= 4 is 0 Å². The molecule has 0 bridgehead atoms. The maximum Gasteiger partial charge on any atom is 0.0538 e. The molecule has 0 aromatic carbocycles. The summed E-state index contributed by atoms with van der Waals surface area (Å²) >= 11 is 0. The second-order valence-corrected chi connectivity index (χ2v) is 4.95. The van der Waals surface area contributed by atoms with Crippen molar-refractivity contribution in [3.8, 4) is 0 Å². The van der Waals surface area contributed by atoms with Crippen molar-refractivity contribution in [1.29, 1.82) is 0 Å². The molecule has 0 saturated carbocycles. The standard InChI is InChI=1S/C13H27NO/c1-3-6-12-8-10-14(11-12)9-5-7-13(15)4-2/h12-13,15H,3-11H2,1-2H3. The molecular formula is C13H27NO. The van der Waals surface area contributed by atoms with Crippen molar-refractivity contribution in [3.05, 3.63) is 0 Å². The highest BCUT2D eigenvalue weighted by Gasteiger charge is 2.20. The normalized spacial score (nSPS) is 24.6. The Labute approximate surface area is 94.7 Å². The quantitative estimate of drug-likeness (QED) is 0.703. The number of hydrogen-bond donors (Lipinski definition) is 1. The largest absolute Gasteiger partial charge is 0.393 e. The van der Waals surface area contributed by atoms with Gasteiger partial charge < -0.3 is 10.0 Å². The minimum absolute atomic E-state index is 0.0703. The lowest BCUT2D eigenvalue weighted by Gasteiger charge is -2.16. The SMILES string of the molecule is CCCC1CCN(CCCC(O)CC)C1. The van der Waals surface area contributed by atoms with Crippen LogP contribution < -0.4 is 0 Å². The maximum atomic E-state index is 9.45. The van der Waals surface area contributed by atoms with Crippen molar-refractivity contribution in [3.63, 3.8) is 0 Å². The summed E-state index contributed by atoms with van der Waals surface area (Å²) < 4.78 is 0. The molecule has 0 radical (unpaired) electrons. The third-order valence-electron chi connectivity index (χ3n) is 3.55. The van der Waals surface area contributed by atoms with Gasteiger partial charge in [0.25, 0.3) is 0 Å². The number of hydrogen-bond acceptors (Lipinski definition) is 2. The average molecular weight is 213 g/mol. The Balaban J connectivity index is 2.03. The monoisotopic (exact) mass is 213 g/mol. The van der Waals surface area contributed by atoms with Crippen LogP contribution in [0.3, 0.4) is 0 Å². The number of nitrogens with zero attached hydrogens (tertiary/aromatic N) is 1. The molecule has 1 aliphatic heterocycles. The van der Waals surface area contributed by atoms with Crippen molar-refractivity contribution < 1.29 is 5.11 Å². The van der Waals surface area contributed by atoms with Gasteiger partial charge in [0.2, 0.25) is 0 Å². The van der Waals surface area contributed by atoms with E-state index in [9.17, 15) is 5.11 Å². The molecule has 1 rings (SSSR count). The number of aliphatic hydroxyl groups is 1. The lowest BCUT2D eigenvalue weighted by molar-refractivity contribution is 0.151. The Morgan fingerprint density at radius 3 is 2.87 bits per heavy atom. The van der Waals surface area contributed by atoms with Crippen LogP contribution in [0.15, 0.2) is 0 Å². The van der Waals surface area contributed by atoms with Gasteiger partial charge in [0, 0.05) is 6.54 Å². The molecule has 2 nitrogen and oxygen atoms in total.